The van der Waals surface area contributed by atoms with E-state index in [1.807, 2.05) is 43.3 Å². The highest BCUT2D eigenvalue weighted by Gasteiger charge is 2.29. The molecule has 2 aromatic heterocycles. The number of hydrogen-bond donors (Lipinski definition) is 2. The van der Waals surface area contributed by atoms with Crippen LogP contribution in [0.1, 0.15) is 18.4 Å². The molecule has 2 aliphatic heterocycles. The summed E-state index contributed by atoms with van der Waals surface area (Å²) in [6, 6.07) is 11.6. The summed E-state index contributed by atoms with van der Waals surface area (Å²) in [5.41, 5.74) is 2.58. The van der Waals surface area contributed by atoms with Crippen LogP contribution < -0.4 is 10.1 Å². The zero-order valence-electron chi connectivity index (χ0n) is 18.7. The monoisotopic (exact) mass is 453 g/mol. The normalized spacial score (nSPS) is 17.6. The van der Waals surface area contributed by atoms with E-state index < -0.39 is 0 Å². The van der Waals surface area contributed by atoms with E-state index in [0.717, 1.165) is 28.8 Å². The van der Waals surface area contributed by atoms with Crippen molar-refractivity contribution in [3.63, 3.8) is 0 Å². The van der Waals surface area contributed by atoms with Crippen LogP contribution >= 0.6 is 0 Å². The van der Waals surface area contributed by atoms with Crippen LogP contribution in [0.5, 0.6) is 11.5 Å². The van der Waals surface area contributed by atoms with Gasteiger partial charge in [-0.15, -0.1) is 0 Å². The molecular formula is C25H23N7O2. The third-order valence-electron chi connectivity index (χ3n) is 5.82. The maximum atomic E-state index is 12.9. The van der Waals surface area contributed by atoms with Gasteiger partial charge >= 0.3 is 0 Å². The lowest BCUT2D eigenvalue weighted by atomic mass is 10.1. The number of ether oxygens (including phenoxy) is 1. The standard InChI is InChI=1S/C25H23N7O2/c1-16-4-6-20(7-5-16)34-21-8-11-28-23-22(21)24(31-30-23)29-19-9-12-32(15-19)25(33)17(14-26)13-18-3-2-10-27-18/h2,4-8,10-11,13,19H,3,9,12,15H2,1H3,(H2,28,29,30,31)/b17-13+/t19-/m1/s1. The van der Waals surface area contributed by atoms with Gasteiger partial charge in [0.15, 0.2) is 11.5 Å². The van der Waals surface area contributed by atoms with E-state index in [-0.39, 0.29) is 17.5 Å². The number of hydrogen-bond acceptors (Lipinski definition) is 7. The number of amides is 1. The minimum Gasteiger partial charge on any atom is -0.456 e. The van der Waals surface area contributed by atoms with Gasteiger partial charge < -0.3 is 15.0 Å². The number of nitrogens with one attached hydrogen (secondary N) is 2. The van der Waals surface area contributed by atoms with Gasteiger partial charge in [0.2, 0.25) is 0 Å². The number of rotatable bonds is 6. The van der Waals surface area contributed by atoms with E-state index in [9.17, 15) is 10.1 Å². The quantitative estimate of drug-likeness (QED) is 0.432. The van der Waals surface area contributed by atoms with E-state index in [1.54, 1.807) is 29.4 Å². The molecule has 1 saturated heterocycles. The maximum absolute atomic E-state index is 12.9. The van der Waals surface area contributed by atoms with Crippen molar-refractivity contribution in [2.75, 3.05) is 18.4 Å². The molecule has 1 amide bonds. The number of H-pyrrole nitrogens is 1. The maximum Gasteiger partial charge on any atom is 0.264 e. The number of nitriles is 1. The van der Waals surface area contributed by atoms with Crippen LogP contribution in [-0.4, -0.2) is 50.8 Å². The Hall–Kier alpha value is -4.45. The van der Waals surface area contributed by atoms with E-state index in [4.69, 9.17) is 4.74 Å². The number of nitrogens with zero attached hydrogens (tertiary/aromatic N) is 5. The highest BCUT2D eigenvalue weighted by molar-refractivity contribution is 6.07. The topological polar surface area (TPSA) is 119 Å². The van der Waals surface area contributed by atoms with E-state index in [1.165, 1.54) is 0 Å². The Morgan fingerprint density at radius 3 is 2.94 bits per heavy atom. The summed E-state index contributed by atoms with van der Waals surface area (Å²) >= 11 is 0. The summed E-state index contributed by atoms with van der Waals surface area (Å²) in [7, 11) is 0. The number of aliphatic imine (C=N–C) groups is 1. The zero-order chi connectivity index (χ0) is 23.5. The van der Waals surface area contributed by atoms with Crippen molar-refractivity contribution in [3.05, 3.63) is 66.0 Å². The SMILES string of the molecule is Cc1ccc(Oc2ccnc3[nH]nc(N[C@@H]4CCN(C(=O)/C(C#N)=C/C5=NC=CC5)C4)c23)cc1. The first-order chi connectivity index (χ1) is 16.6. The fourth-order valence-electron chi connectivity index (χ4n) is 4.05. The molecule has 9 nitrogen and oxygen atoms in total. The second-order valence-corrected chi connectivity index (χ2v) is 8.28. The summed E-state index contributed by atoms with van der Waals surface area (Å²) in [4.78, 5) is 23.1. The van der Waals surface area contributed by atoms with Crippen LogP contribution in [0.15, 0.2) is 65.4 Å². The number of aryl methyl sites for hydroxylation is 1. The predicted molar refractivity (Wildman–Crippen MR) is 129 cm³/mol. The fraction of sp³-hybridized carbons (Fsp3) is 0.240. The van der Waals surface area contributed by atoms with Crippen LogP contribution in [0.25, 0.3) is 11.0 Å². The van der Waals surface area contributed by atoms with Crippen molar-refractivity contribution in [1.29, 1.82) is 5.26 Å². The summed E-state index contributed by atoms with van der Waals surface area (Å²) in [5.74, 6) is 1.70. The van der Waals surface area contributed by atoms with Crippen molar-refractivity contribution in [1.82, 2.24) is 20.1 Å². The minimum absolute atomic E-state index is 0.0201. The Balaban J connectivity index is 1.31. The van der Waals surface area contributed by atoms with E-state index in [0.29, 0.717) is 36.7 Å². The van der Waals surface area contributed by atoms with Gasteiger partial charge in [0.1, 0.15) is 28.5 Å². The average Bonchev–Trinajstić information content (AvgIpc) is 3.61. The van der Waals surface area contributed by atoms with Gasteiger partial charge in [-0.05, 0) is 31.6 Å². The molecule has 0 aliphatic carbocycles. The van der Waals surface area contributed by atoms with E-state index >= 15 is 0 Å². The summed E-state index contributed by atoms with van der Waals surface area (Å²) in [5, 5.41) is 21.0. The largest absolute Gasteiger partial charge is 0.456 e. The molecule has 170 valence electrons. The Bertz CT molecular complexity index is 1360. The van der Waals surface area contributed by atoms with Crippen molar-refractivity contribution >= 4 is 28.5 Å². The Morgan fingerprint density at radius 2 is 2.18 bits per heavy atom. The molecule has 5 rings (SSSR count). The van der Waals surface area contributed by atoms with Crippen LogP contribution in [-0.2, 0) is 4.79 Å². The summed E-state index contributed by atoms with van der Waals surface area (Å²) < 4.78 is 6.11. The van der Waals surface area contributed by atoms with Crippen LogP contribution in [0.4, 0.5) is 5.82 Å². The van der Waals surface area contributed by atoms with Crippen molar-refractivity contribution in [3.8, 4) is 17.6 Å². The smallest absolute Gasteiger partial charge is 0.264 e. The third kappa shape index (κ3) is 4.38. The molecule has 1 aromatic carbocycles. The lowest BCUT2D eigenvalue weighted by molar-refractivity contribution is -0.125. The summed E-state index contributed by atoms with van der Waals surface area (Å²) in [6.07, 6.45) is 8.18. The Labute approximate surface area is 196 Å². The molecule has 2 aliphatic rings. The number of fused-ring (bicyclic) bond motifs is 1. The van der Waals surface area contributed by atoms with Gasteiger partial charge in [-0.25, -0.2) is 4.98 Å². The number of allylic oxidation sites excluding steroid dienone is 2. The molecule has 0 radical (unpaired) electrons. The van der Waals surface area contributed by atoms with Crippen LogP contribution in [0.2, 0.25) is 0 Å². The number of benzene rings is 1. The highest BCUT2D eigenvalue weighted by Crippen LogP contribution is 2.33. The van der Waals surface area contributed by atoms with Crippen molar-refractivity contribution in [2.24, 2.45) is 4.99 Å². The number of aromatic amines is 1. The average molecular weight is 454 g/mol. The Morgan fingerprint density at radius 1 is 1.32 bits per heavy atom. The first kappa shape index (κ1) is 21.4. The summed E-state index contributed by atoms with van der Waals surface area (Å²) in [6.45, 7) is 3.04. The second kappa shape index (κ2) is 9.19. The first-order valence-corrected chi connectivity index (χ1v) is 11.1. The molecule has 1 atom stereocenters. The zero-order valence-corrected chi connectivity index (χ0v) is 18.7. The van der Waals surface area contributed by atoms with Gasteiger partial charge in [-0.2, -0.15) is 10.4 Å². The molecule has 0 unspecified atom stereocenters. The number of anilines is 1. The first-order valence-electron chi connectivity index (χ1n) is 11.1. The molecule has 2 N–H and O–H groups in total. The third-order valence-corrected chi connectivity index (χ3v) is 5.82. The van der Waals surface area contributed by atoms with Crippen molar-refractivity contribution < 1.29 is 9.53 Å². The molecule has 0 bridgehead atoms. The van der Waals surface area contributed by atoms with Crippen LogP contribution in [0, 0.1) is 18.3 Å². The lowest BCUT2D eigenvalue weighted by Crippen LogP contribution is -2.32. The molecule has 34 heavy (non-hydrogen) atoms. The molecular weight excluding hydrogens is 430 g/mol. The Kier molecular flexibility index (Phi) is 5.79. The van der Waals surface area contributed by atoms with Crippen LogP contribution in [0.3, 0.4) is 0 Å². The van der Waals surface area contributed by atoms with Gasteiger partial charge in [0.05, 0.1) is 0 Å². The fourth-order valence-corrected chi connectivity index (χ4v) is 4.05. The number of likely N-dealkylation sites (tertiary alicyclic amines) is 1. The lowest BCUT2D eigenvalue weighted by Gasteiger charge is -2.17. The molecule has 0 spiro atoms. The van der Waals surface area contributed by atoms with Gasteiger partial charge in [-0.3, -0.25) is 14.9 Å². The predicted octanol–water partition coefficient (Wildman–Crippen LogP) is 3.88. The number of carbonyl (C=O) groups is 1. The second-order valence-electron chi connectivity index (χ2n) is 8.28. The highest BCUT2D eigenvalue weighted by atomic mass is 16.5. The molecule has 9 heteroatoms. The number of carbonyl (C=O) groups excluding carboxylic acids is 1. The number of aromatic nitrogens is 3. The van der Waals surface area contributed by atoms with E-state index in [2.05, 4.69) is 25.5 Å². The molecule has 0 saturated carbocycles. The number of pyridine rings is 1. The molecule has 1 fully saturated rings. The van der Waals surface area contributed by atoms with Gasteiger partial charge in [-0.1, -0.05) is 23.8 Å². The minimum atomic E-state index is -0.279. The van der Waals surface area contributed by atoms with Gasteiger partial charge in [0, 0.05) is 49.7 Å². The molecule has 3 aromatic rings. The molecule has 4 heterocycles. The van der Waals surface area contributed by atoms with Gasteiger partial charge in [0.25, 0.3) is 5.91 Å². The van der Waals surface area contributed by atoms with Crippen molar-refractivity contribution in [2.45, 2.75) is 25.8 Å².